The van der Waals surface area contributed by atoms with Crippen LogP contribution in [0, 0.1) is 0 Å². The van der Waals surface area contributed by atoms with Gasteiger partial charge in [0.1, 0.15) is 12.4 Å². The summed E-state index contributed by atoms with van der Waals surface area (Å²) >= 11 is 11.7. The van der Waals surface area contributed by atoms with Crippen molar-refractivity contribution in [2.75, 3.05) is 13.2 Å². The first kappa shape index (κ1) is 20.5. The SMILES string of the molecule is C=CCOc1ccccc1/C=N/NC(=O)CNC(=O)c1ccc(Cl)c(Cl)c1. The van der Waals surface area contributed by atoms with Gasteiger partial charge in [0.25, 0.3) is 11.8 Å². The Bertz CT molecular complexity index is 869. The molecule has 0 saturated heterocycles. The number of ether oxygens (including phenoxy) is 1. The van der Waals surface area contributed by atoms with Crippen molar-refractivity contribution in [2.24, 2.45) is 5.10 Å². The third-order valence-corrected chi connectivity index (χ3v) is 4.00. The molecule has 0 heterocycles. The zero-order chi connectivity index (χ0) is 19.6. The first-order chi connectivity index (χ1) is 13.0. The van der Waals surface area contributed by atoms with Gasteiger partial charge in [-0.05, 0) is 30.3 Å². The Balaban J connectivity index is 1.85. The van der Waals surface area contributed by atoms with Crippen molar-refractivity contribution in [1.29, 1.82) is 0 Å². The van der Waals surface area contributed by atoms with Crippen LogP contribution in [0.15, 0.2) is 60.2 Å². The molecule has 2 amide bonds. The highest BCUT2D eigenvalue weighted by Crippen LogP contribution is 2.22. The van der Waals surface area contributed by atoms with E-state index < -0.39 is 11.8 Å². The Morgan fingerprint density at radius 1 is 1.15 bits per heavy atom. The number of benzene rings is 2. The minimum atomic E-state index is -0.482. The molecule has 27 heavy (non-hydrogen) atoms. The topological polar surface area (TPSA) is 79.8 Å². The predicted octanol–water partition coefficient (Wildman–Crippen LogP) is 3.44. The van der Waals surface area contributed by atoms with E-state index in [0.29, 0.717) is 28.5 Å². The van der Waals surface area contributed by atoms with Crippen molar-refractivity contribution >= 4 is 41.2 Å². The van der Waals surface area contributed by atoms with E-state index >= 15 is 0 Å². The fourth-order valence-electron chi connectivity index (χ4n) is 1.98. The van der Waals surface area contributed by atoms with E-state index in [9.17, 15) is 9.59 Å². The number of rotatable bonds is 8. The Kier molecular flexibility index (Phi) is 7.85. The number of nitrogens with zero attached hydrogens (tertiary/aromatic N) is 1. The molecular formula is C19H17Cl2N3O3. The van der Waals surface area contributed by atoms with E-state index in [1.54, 1.807) is 18.2 Å². The molecule has 0 aromatic heterocycles. The Labute approximate surface area is 166 Å². The molecule has 0 aliphatic heterocycles. The molecule has 8 heteroatoms. The predicted molar refractivity (Wildman–Crippen MR) is 107 cm³/mol. The summed E-state index contributed by atoms with van der Waals surface area (Å²) in [4.78, 5) is 23.8. The van der Waals surface area contributed by atoms with Crippen LogP contribution in [0.2, 0.25) is 10.0 Å². The van der Waals surface area contributed by atoms with Crippen LogP contribution in [0.3, 0.4) is 0 Å². The van der Waals surface area contributed by atoms with Gasteiger partial charge in [-0.2, -0.15) is 5.10 Å². The monoisotopic (exact) mass is 405 g/mol. The second kappa shape index (κ2) is 10.4. The van der Waals surface area contributed by atoms with Crippen LogP contribution in [-0.2, 0) is 4.79 Å². The average Bonchev–Trinajstić information content (AvgIpc) is 2.67. The van der Waals surface area contributed by atoms with Crippen LogP contribution < -0.4 is 15.5 Å². The number of para-hydroxylation sites is 1. The molecule has 0 atom stereocenters. The van der Waals surface area contributed by atoms with Gasteiger partial charge in [0, 0.05) is 11.1 Å². The molecule has 0 fully saturated rings. The van der Waals surface area contributed by atoms with E-state index in [-0.39, 0.29) is 11.6 Å². The maximum Gasteiger partial charge on any atom is 0.259 e. The average molecular weight is 406 g/mol. The van der Waals surface area contributed by atoms with Crippen molar-refractivity contribution < 1.29 is 14.3 Å². The van der Waals surface area contributed by atoms with Crippen molar-refractivity contribution in [2.45, 2.75) is 0 Å². The van der Waals surface area contributed by atoms with E-state index in [4.69, 9.17) is 27.9 Å². The van der Waals surface area contributed by atoms with Crippen molar-refractivity contribution in [3.8, 4) is 5.75 Å². The summed E-state index contributed by atoms with van der Waals surface area (Å²) in [5.74, 6) is -0.316. The van der Waals surface area contributed by atoms with Crippen LogP contribution in [-0.4, -0.2) is 31.2 Å². The highest BCUT2D eigenvalue weighted by molar-refractivity contribution is 6.42. The quantitative estimate of drug-likeness (QED) is 0.401. The van der Waals surface area contributed by atoms with Gasteiger partial charge in [-0.25, -0.2) is 5.43 Å². The second-order valence-corrected chi connectivity index (χ2v) is 6.06. The number of amides is 2. The molecule has 0 aliphatic rings. The molecule has 0 unspecified atom stereocenters. The third kappa shape index (κ3) is 6.44. The normalized spacial score (nSPS) is 10.4. The van der Waals surface area contributed by atoms with Crippen molar-refractivity contribution in [3.05, 3.63) is 76.3 Å². The zero-order valence-electron chi connectivity index (χ0n) is 14.2. The van der Waals surface area contributed by atoms with E-state index in [0.717, 1.165) is 0 Å². The lowest BCUT2D eigenvalue weighted by Crippen LogP contribution is -2.34. The van der Waals surface area contributed by atoms with Gasteiger partial charge >= 0.3 is 0 Å². The molecule has 0 aliphatic carbocycles. The van der Waals surface area contributed by atoms with Crippen LogP contribution in [0.5, 0.6) is 5.75 Å². The Hall–Kier alpha value is -2.83. The van der Waals surface area contributed by atoms with Crippen LogP contribution >= 0.6 is 23.2 Å². The maximum absolute atomic E-state index is 12.0. The number of hydrazone groups is 1. The zero-order valence-corrected chi connectivity index (χ0v) is 15.8. The van der Waals surface area contributed by atoms with Crippen LogP contribution in [0.4, 0.5) is 0 Å². The van der Waals surface area contributed by atoms with Gasteiger partial charge in [0.05, 0.1) is 22.8 Å². The molecule has 0 spiro atoms. The number of halogens is 2. The number of nitrogens with one attached hydrogen (secondary N) is 2. The summed E-state index contributed by atoms with van der Waals surface area (Å²) in [5.41, 5.74) is 3.33. The second-order valence-electron chi connectivity index (χ2n) is 5.24. The largest absolute Gasteiger partial charge is 0.489 e. The highest BCUT2D eigenvalue weighted by atomic mass is 35.5. The lowest BCUT2D eigenvalue weighted by atomic mass is 10.2. The first-order valence-corrected chi connectivity index (χ1v) is 8.64. The lowest BCUT2D eigenvalue weighted by Gasteiger charge is -2.07. The highest BCUT2D eigenvalue weighted by Gasteiger charge is 2.09. The molecular weight excluding hydrogens is 389 g/mol. The fourth-order valence-corrected chi connectivity index (χ4v) is 2.28. The van der Waals surface area contributed by atoms with Crippen molar-refractivity contribution in [1.82, 2.24) is 10.7 Å². The summed E-state index contributed by atoms with van der Waals surface area (Å²) in [5, 5.41) is 6.94. The minimum absolute atomic E-state index is 0.245. The Morgan fingerprint density at radius 3 is 2.67 bits per heavy atom. The molecule has 2 aromatic rings. The summed E-state index contributed by atoms with van der Waals surface area (Å²) in [6, 6.07) is 11.7. The summed E-state index contributed by atoms with van der Waals surface area (Å²) in [7, 11) is 0. The number of hydrogen-bond donors (Lipinski definition) is 2. The van der Waals surface area contributed by atoms with Gasteiger partial charge < -0.3 is 10.1 Å². The molecule has 0 bridgehead atoms. The van der Waals surface area contributed by atoms with Crippen LogP contribution in [0.25, 0.3) is 0 Å². The summed E-state index contributed by atoms with van der Waals surface area (Å²) < 4.78 is 5.49. The third-order valence-electron chi connectivity index (χ3n) is 3.26. The molecule has 2 rings (SSSR count). The lowest BCUT2D eigenvalue weighted by molar-refractivity contribution is -0.120. The van der Waals surface area contributed by atoms with Crippen LogP contribution in [0.1, 0.15) is 15.9 Å². The van der Waals surface area contributed by atoms with Gasteiger partial charge in [0.15, 0.2) is 0 Å². The molecule has 6 nitrogen and oxygen atoms in total. The molecule has 0 radical (unpaired) electrons. The number of hydrogen-bond acceptors (Lipinski definition) is 4. The van der Waals surface area contributed by atoms with E-state index in [2.05, 4.69) is 22.4 Å². The Morgan fingerprint density at radius 2 is 1.93 bits per heavy atom. The molecule has 2 aromatic carbocycles. The fraction of sp³-hybridized carbons (Fsp3) is 0.105. The van der Waals surface area contributed by atoms with Gasteiger partial charge in [-0.3, -0.25) is 9.59 Å². The van der Waals surface area contributed by atoms with Crippen molar-refractivity contribution in [3.63, 3.8) is 0 Å². The summed E-state index contributed by atoms with van der Waals surface area (Å²) in [6.07, 6.45) is 3.09. The maximum atomic E-state index is 12.0. The van der Waals surface area contributed by atoms with E-state index in [1.165, 1.54) is 24.4 Å². The minimum Gasteiger partial charge on any atom is -0.489 e. The van der Waals surface area contributed by atoms with Gasteiger partial charge in [0.2, 0.25) is 0 Å². The number of carbonyl (C=O) groups excluding carboxylic acids is 2. The standard InChI is InChI=1S/C19H17Cl2N3O3/c1-2-9-27-17-6-4-3-5-14(17)11-23-24-18(25)12-22-19(26)13-7-8-15(20)16(21)10-13/h2-8,10-11H,1,9,12H2,(H,22,26)(H,24,25)/b23-11+. The number of carbonyl (C=O) groups is 2. The first-order valence-electron chi connectivity index (χ1n) is 7.89. The van der Waals surface area contributed by atoms with Gasteiger partial charge in [-0.15, -0.1) is 0 Å². The van der Waals surface area contributed by atoms with E-state index in [1.807, 2.05) is 12.1 Å². The molecule has 140 valence electrons. The smallest absolute Gasteiger partial charge is 0.259 e. The molecule has 0 saturated carbocycles. The van der Waals surface area contributed by atoms with Gasteiger partial charge in [-0.1, -0.05) is 48.0 Å². The summed E-state index contributed by atoms with van der Waals surface area (Å²) in [6.45, 7) is 3.71. The molecule has 2 N–H and O–H groups in total.